The summed E-state index contributed by atoms with van der Waals surface area (Å²) in [6.45, 7) is 4.84. The van der Waals surface area contributed by atoms with E-state index >= 15 is 0 Å². The molecule has 4 nitrogen and oxygen atoms in total. The highest BCUT2D eigenvalue weighted by Gasteiger charge is 2.19. The van der Waals surface area contributed by atoms with E-state index in [1.165, 1.54) is 0 Å². The fourth-order valence-electron chi connectivity index (χ4n) is 2.34. The van der Waals surface area contributed by atoms with Crippen LogP contribution in [0.4, 0.5) is 5.95 Å². The summed E-state index contributed by atoms with van der Waals surface area (Å²) in [6, 6.07) is 7.96. The van der Waals surface area contributed by atoms with Crippen molar-refractivity contribution in [1.82, 2.24) is 9.97 Å². The third-order valence-electron chi connectivity index (χ3n) is 3.41. The van der Waals surface area contributed by atoms with E-state index in [0.717, 1.165) is 24.2 Å². The monoisotopic (exact) mass is 323 g/mol. The van der Waals surface area contributed by atoms with E-state index in [1.54, 1.807) is 0 Å². The van der Waals surface area contributed by atoms with E-state index in [0.29, 0.717) is 35.0 Å². The average Bonchev–Trinajstić information content (AvgIpc) is 2.47. The van der Waals surface area contributed by atoms with Crippen LogP contribution >= 0.6 is 23.2 Å². The topological polar surface area (TPSA) is 38.2 Å². The highest BCUT2D eigenvalue weighted by atomic mass is 35.5. The summed E-state index contributed by atoms with van der Waals surface area (Å²) in [5, 5.41) is 0.754. The maximum Gasteiger partial charge on any atom is 0.228 e. The summed E-state index contributed by atoms with van der Waals surface area (Å²) in [5.41, 5.74) is 2.74. The Balaban J connectivity index is 2.00. The minimum atomic E-state index is 0.377. The summed E-state index contributed by atoms with van der Waals surface area (Å²) in [4.78, 5) is 10.8. The number of halogens is 2. The van der Waals surface area contributed by atoms with Gasteiger partial charge in [-0.2, -0.15) is 0 Å². The van der Waals surface area contributed by atoms with Crippen LogP contribution in [0.25, 0.3) is 11.1 Å². The predicted molar refractivity (Wildman–Crippen MR) is 85.3 cm³/mol. The van der Waals surface area contributed by atoms with Crippen molar-refractivity contribution in [1.29, 1.82) is 0 Å². The van der Waals surface area contributed by atoms with E-state index in [-0.39, 0.29) is 0 Å². The van der Waals surface area contributed by atoms with Gasteiger partial charge in [-0.05, 0) is 12.5 Å². The van der Waals surface area contributed by atoms with Gasteiger partial charge in [0.2, 0.25) is 5.95 Å². The number of aryl methyl sites for hydroxylation is 1. The maximum absolute atomic E-state index is 6.35. The maximum atomic E-state index is 6.35. The molecule has 0 amide bonds. The van der Waals surface area contributed by atoms with Gasteiger partial charge < -0.3 is 9.64 Å². The Morgan fingerprint density at radius 1 is 1.10 bits per heavy atom. The molecule has 0 saturated carbocycles. The standard InChI is InChI=1S/C15H15Cl2N3O/c1-10-3-2-4-11(9-10)12-13(16)18-15(19-14(12)17)20-5-7-21-8-6-20/h2-4,9H,5-8H2,1H3. The number of morpholine rings is 1. The summed E-state index contributed by atoms with van der Waals surface area (Å²) in [7, 11) is 0. The molecule has 0 radical (unpaired) electrons. The van der Waals surface area contributed by atoms with Gasteiger partial charge in [0.05, 0.1) is 18.8 Å². The summed E-state index contributed by atoms with van der Waals surface area (Å²) in [5.74, 6) is 0.560. The summed E-state index contributed by atoms with van der Waals surface area (Å²) >= 11 is 12.7. The lowest BCUT2D eigenvalue weighted by Crippen LogP contribution is -2.37. The minimum absolute atomic E-state index is 0.377. The molecule has 110 valence electrons. The van der Waals surface area contributed by atoms with Crippen molar-refractivity contribution < 1.29 is 4.74 Å². The second-order valence-electron chi connectivity index (χ2n) is 4.95. The highest BCUT2D eigenvalue weighted by molar-refractivity contribution is 6.37. The van der Waals surface area contributed by atoms with Crippen molar-refractivity contribution >= 4 is 29.2 Å². The zero-order chi connectivity index (χ0) is 14.8. The fourth-order valence-corrected chi connectivity index (χ4v) is 2.94. The summed E-state index contributed by atoms with van der Waals surface area (Å²) in [6.07, 6.45) is 0. The molecular formula is C15H15Cl2N3O. The first-order valence-corrected chi connectivity index (χ1v) is 7.53. The number of ether oxygens (including phenoxy) is 1. The highest BCUT2D eigenvalue weighted by Crippen LogP contribution is 2.34. The zero-order valence-electron chi connectivity index (χ0n) is 11.6. The average molecular weight is 324 g/mol. The van der Waals surface area contributed by atoms with Gasteiger partial charge in [0.1, 0.15) is 10.3 Å². The molecule has 0 unspecified atom stereocenters. The Morgan fingerprint density at radius 3 is 2.38 bits per heavy atom. The van der Waals surface area contributed by atoms with Gasteiger partial charge >= 0.3 is 0 Å². The largest absolute Gasteiger partial charge is 0.378 e. The molecule has 1 aliphatic heterocycles. The molecule has 2 aromatic rings. The number of anilines is 1. The molecule has 1 aliphatic rings. The number of hydrogen-bond acceptors (Lipinski definition) is 4. The van der Waals surface area contributed by atoms with Gasteiger partial charge in [0.15, 0.2) is 0 Å². The van der Waals surface area contributed by atoms with E-state index in [9.17, 15) is 0 Å². The van der Waals surface area contributed by atoms with Crippen molar-refractivity contribution in [3.8, 4) is 11.1 Å². The van der Waals surface area contributed by atoms with Crippen LogP contribution in [0.1, 0.15) is 5.56 Å². The normalized spacial score (nSPS) is 15.3. The van der Waals surface area contributed by atoms with Gasteiger partial charge in [-0.3, -0.25) is 0 Å². The minimum Gasteiger partial charge on any atom is -0.378 e. The van der Waals surface area contributed by atoms with Crippen LogP contribution < -0.4 is 4.90 Å². The summed E-state index contributed by atoms with van der Waals surface area (Å²) < 4.78 is 5.32. The molecule has 1 aromatic heterocycles. The van der Waals surface area contributed by atoms with Gasteiger partial charge in [-0.15, -0.1) is 0 Å². The van der Waals surface area contributed by atoms with Gasteiger partial charge in [0, 0.05) is 13.1 Å². The molecule has 1 saturated heterocycles. The molecule has 3 rings (SSSR count). The fraction of sp³-hybridized carbons (Fsp3) is 0.333. The molecule has 0 aliphatic carbocycles. The Labute approximate surface area is 133 Å². The van der Waals surface area contributed by atoms with E-state index in [4.69, 9.17) is 27.9 Å². The molecule has 0 spiro atoms. The van der Waals surface area contributed by atoms with Crippen molar-refractivity contribution in [3.63, 3.8) is 0 Å². The van der Waals surface area contributed by atoms with Crippen LogP contribution in [-0.4, -0.2) is 36.3 Å². The molecule has 0 N–H and O–H groups in total. The molecule has 6 heteroatoms. The lowest BCUT2D eigenvalue weighted by molar-refractivity contribution is 0.122. The van der Waals surface area contributed by atoms with Crippen molar-refractivity contribution in [3.05, 3.63) is 40.1 Å². The molecule has 21 heavy (non-hydrogen) atoms. The second kappa shape index (κ2) is 6.18. The van der Waals surface area contributed by atoms with E-state index in [1.807, 2.05) is 36.1 Å². The van der Waals surface area contributed by atoms with Crippen LogP contribution in [0.3, 0.4) is 0 Å². The Morgan fingerprint density at radius 2 is 1.76 bits per heavy atom. The molecule has 1 fully saturated rings. The van der Waals surface area contributed by atoms with Crippen LogP contribution in [0.15, 0.2) is 24.3 Å². The quantitative estimate of drug-likeness (QED) is 0.791. The van der Waals surface area contributed by atoms with Gasteiger partial charge in [-0.25, -0.2) is 9.97 Å². The molecule has 2 heterocycles. The third-order valence-corrected chi connectivity index (χ3v) is 3.96. The van der Waals surface area contributed by atoms with Crippen molar-refractivity contribution in [2.24, 2.45) is 0 Å². The van der Waals surface area contributed by atoms with Gasteiger partial charge in [-0.1, -0.05) is 53.0 Å². The zero-order valence-corrected chi connectivity index (χ0v) is 13.2. The SMILES string of the molecule is Cc1cccc(-c2c(Cl)nc(N3CCOCC3)nc2Cl)c1. The van der Waals surface area contributed by atoms with Crippen LogP contribution in [-0.2, 0) is 4.74 Å². The first-order chi connectivity index (χ1) is 10.1. The number of hydrogen-bond donors (Lipinski definition) is 0. The smallest absolute Gasteiger partial charge is 0.228 e. The Hall–Kier alpha value is -1.36. The van der Waals surface area contributed by atoms with Crippen LogP contribution in [0, 0.1) is 6.92 Å². The molecular weight excluding hydrogens is 309 g/mol. The lowest BCUT2D eigenvalue weighted by atomic mass is 10.1. The number of rotatable bonds is 2. The Kier molecular flexibility index (Phi) is 4.29. The first-order valence-electron chi connectivity index (χ1n) is 6.78. The van der Waals surface area contributed by atoms with Crippen LogP contribution in [0.5, 0.6) is 0 Å². The van der Waals surface area contributed by atoms with Crippen molar-refractivity contribution in [2.75, 3.05) is 31.2 Å². The van der Waals surface area contributed by atoms with Crippen molar-refractivity contribution in [2.45, 2.75) is 6.92 Å². The Bertz CT molecular complexity index is 634. The predicted octanol–water partition coefficient (Wildman–Crippen LogP) is 3.60. The number of nitrogens with zero attached hydrogens (tertiary/aromatic N) is 3. The van der Waals surface area contributed by atoms with Crippen LogP contribution in [0.2, 0.25) is 10.3 Å². The number of benzene rings is 1. The molecule has 0 bridgehead atoms. The third kappa shape index (κ3) is 3.12. The lowest BCUT2D eigenvalue weighted by Gasteiger charge is -2.27. The van der Waals surface area contributed by atoms with E-state index in [2.05, 4.69) is 9.97 Å². The second-order valence-corrected chi connectivity index (χ2v) is 5.67. The number of aromatic nitrogens is 2. The first kappa shape index (κ1) is 14.6. The van der Waals surface area contributed by atoms with E-state index < -0.39 is 0 Å². The van der Waals surface area contributed by atoms with Gasteiger partial charge in [0.25, 0.3) is 0 Å². The molecule has 0 atom stereocenters. The molecule has 1 aromatic carbocycles.